The zero-order valence-electron chi connectivity index (χ0n) is 21.0. The van der Waals surface area contributed by atoms with E-state index in [1.807, 2.05) is 60.4 Å². The number of hydrogen-bond acceptors (Lipinski definition) is 3. The van der Waals surface area contributed by atoms with E-state index in [-0.39, 0.29) is 22.9 Å². The van der Waals surface area contributed by atoms with E-state index in [1.54, 1.807) is 4.57 Å². The smallest absolute Gasteiger partial charge is 0.266 e. The SMILES string of the molecule is CCCCCCN(C(=O)CC(C)(C)C)C(C)c1nc2ccccc2c(=O)n1-c1ccc(Br)cc1. The monoisotopic (exact) mass is 525 g/mol. The fraction of sp³-hybridized carbons (Fsp3) is 0.464. The summed E-state index contributed by atoms with van der Waals surface area (Å²) in [5.41, 5.74) is 1.14. The molecule has 0 aliphatic heterocycles. The average Bonchev–Trinajstić information content (AvgIpc) is 2.78. The highest BCUT2D eigenvalue weighted by molar-refractivity contribution is 9.10. The van der Waals surface area contributed by atoms with Crippen molar-refractivity contribution in [2.75, 3.05) is 6.54 Å². The number of nitrogens with zero attached hydrogens (tertiary/aromatic N) is 3. The molecule has 6 heteroatoms. The van der Waals surface area contributed by atoms with Crippen LogP contribution in [0.4, 0.5) is 0 Å². The molecule has 5 nitrogen and oxygen atoms in total. The number of rotatable bonds is 9. The molecule has 0 saturated carbocycles. The molecule has 1 heterocycles. The zero-order valence-corrected chi connectivity index (χ0v) is 22.6. The first-order chi connectivity index (χ1) is 16.1. The van der Waals surface area contributed by atoms with Gasteiger partial charge in [-0.2, -0.15) is 0 Å². The Morgan fingerprint density at radius 1 is 1.06 bits per heavy atom. The van der Waals surface area contributed by atoms with E-state index in [4.69, 9.17) is 4.98 Å². The van der Waals surface area contributed by atoms with Gasteiger partial charge in [0.1, 0.15) is 5.82 Å². The van der Waals surface area contributed by atoms with Gasteiger partial charge in [0.05, 0.1) is 22.6 Å². The van der Waals surface area contributed by atoms with Crippen LogP contribution in [0.3, 0.4) is 0 Å². The van der Waals surface area contributed by atoms with Gasteiger partial charge in [0.25, 0.3) is 5.56 Å². The molecule has 0 N–H and O–H groups in total. The number of fused-ring (bicyclic) bond motifs is 1. The fourth-order valence-electron chi connectivity index (χ4n) is 4.21. The molecule has 3 rings (SSSR count). The Hall–Kier alpha value is -2.47. The zero-order chi connectivity index (χ0) is 24.9. The third-order valence-corrected chi connectivity index (χ3v) is 6.51. The Kier molecular flexibility index (Phi) is 8.69. The molecule has 0 bridgehead atoms. The van der Waals surface area contributed by atoms with Crippen molar-refractivity contribution in [1.82, 2.24) is 14.5 Å². The first-order valence-electron chi connectivity index (χ1n) is 12.2. The van der Waals surface area contributed by atoms with Crippen LogP contribution in [-0.2, 0) is 4.79 Å². The van der Waals surface area contributed by atoms with Gasteiger partial charge in [-0.05, 0) is 55.2 Å². The fourth-order valence-corrected chi connectivity index (χ4v) is 4.47. The highest BCUT2D eigenvalue weighted by Gasteiger charge is 2.29. The summed E-state index contributed by atoms with van der Waals surface area (Å²) in [5.74, 6) is 0.685. The van der Waals surface area contributed by atoms with Crippen molar-refractivity contribution in [2.45, 2.75) is 72.8 Å². The molecule has 1 aromatic heterocycles. The summed E-state index contributed by atoms with van der Waals surface area (Å²) in [7, 11) is 0. The predicted molar refractivity (Wildman–Crippen MR) is 143 cm³/mol. The lowest BCUT2D eigenvalue weighted by atomic mass is 9.91. The van der Waals surface area contributed by atoms with Crippen LogP contribution >= 0.6 is 15.9 Å². The largest absolute Gasteiger partial charge is 0.333 e. The molecule has 0 saturated heterocycles. The number of halogens is 1. The van der Waals surface area contributed by atoms with E-state index in [2.05, 4.69) is 43.6 Å². The van der Waals surface area contributed by atoms with Crippen LogP contribution in [-0.4, -0.2) is 26.9 Å². The Bertz CT molecular complexity index is 1180. The highest BCUT2D eigenvalue weighted by Crippen LogP contribution is 2.28. The molecule has 0 fully saturated rings. The van der Waals surface area contributed by atoms with E-state index in [1.165, 1.54) is 0 Å². The van der Waals surface area contributed by atoms with E-state index in [0.717, 1.165) is 35.8 Å². The Balaban J connectivity index is 2.13. The van der Waals surface area contributed by atoms with E-state index in [9.17, 15) is 9.59 Å². The second-order valence-electron chi connectivity index (χ2n) is 10.2. The summed E-state index contributed by atoms with van der Waals surface area (Å²) < 4.78 is 2.61. The van der Waals surface area contributed by atoms with Crippen molar-refractivity contribution in [1.29, 1.82) is 0 Å². The molecule has 1 atom stereocenters. The van der Waals surface area contributed by atoms with Crippen molar-refractivity contribution in [3.05, 3.63) is 69.2 Å². The normalized spacial score (nSPS) is 12.6. The topological polar surface area (TPSA) is 55.2 Å². The van der Waals surface area contributed by atoms with Gasteiger partial charge in [-0.25, -0.2) is 4.98 Å². The van der Waals surface area contributed by atoms with Crippen molar-refractivity contribution in [3.63, 3.8) is 0 Å². The van der Waals surface area contributed by atoms with Crippen molar-refractivity contribution in [3.8, 4) is 5.69 Å². The summed E-state index contributed by atoms with van der Waals surface area (Å²) in [4.78, 5) is 34.0. The molecule has 1 amide bonds. The third-order valence-electron chi connectivity index (χ3n) is 5.98. The Morgan fingerprint density at radius 2 is 1.74 bits per heavy atom. The number of aromatic nitrogens is 2. The van der Waals surface area contributed by atoms with Gasteiger partial charge in [0, 0.05) is 17.4 Å². The van der Waals surface area contributed by atoms with Crippen LogP contribution in [0, 0.1) is 5.41 Å². The van der Waals surface area contributed by atoms with Crippen molar-refractivity contribution < 1.29 is 4.79 Å². The van der Waals surface area contributed by atoms with Gasteiger partial charge in [0.15, 0.2) is 0 Å². The molecule has 3 aromatic rings. The lowest BCUT2D eigenvalue weighted by Gasteiger charge is -2.33. The van der Waals surface area contributed by atoms with Crippen LogP contribution < -0.4 is 5.56 Å². The first kappa shape index (κ1) is 26.1. The third kappa shape index (κ3) is 6.35. The van der Waals surface area contributed by atoms with Gasteiger partial charge in [-0.3, -0.25) is 14.2 Å². The number of carbonyl (C=O) groups excluding carboxylic acids is 1. The van der Waals surface area contributed by atoms with Crippen LogP contribution in [0.1, 0.15) is 78.6 Å². The standard InChI is InChI=1S/C28H36BrN3O2/c1-6-7-8-11-18-31(25(33)19-28(3,4)5)20(2)26-30-24-13-10-9-12-23(24)27(34)32(26)22-16-14-21(29)15-17-22/h9-10,12-17,20H,6-8,11,18-19H2,1-5H3. The molecular weight excluding hydrogens is 490 g/mol. The molecule has 182 valence electrons. The lowest BCUT2D eigenvalue weighted by Crippen LogP contribution is -2.39. The van der Waals surface area contributed by atoms with Crippen LogP contribution in [0.2, 0.25) is 0 Å². The maximum atomic E-state index is 13.7. The molecule has 1 unspecified atom stereocenters. The minimum atomic E-state index is -0.350. The second kappa shape index (κ2) is 11.3. The number of para-hydroxylation sites is 1. The first-order valence-corrected chi connectivity index (χ1v) is 13.0. The van der Waals surface area contributed by atoms with Crippen molar-refractivity contribution in [2.24, 2.45) is 5.41 Å². The number of hydrogen-bond donors (Lipinski definition) is 0. The molecule has 0 radical (unpaired) electrons. The van der Waals surface area contributed by atoms with Crippen molar-refractivity contribution >= 4 is 32.7 Å². The number of unbranched alkanes of at least 4 members (excludes halogenated alkanes) is 3. The quantitative estimate of drug-likeness (QED) is 0.281. The van der Waals surface area contributed by atoms with E-state index >= 15 is 0 Å². The molecule has 0 aliphatic rings. The summed E-state index contributed by atoms with van der Waals surface area (Å²) in [6.07, 6.45) is 4.74. The van der Waals surface area contributed by atoms with E-state index < -0.39 is 0 Å². The minimum Gasteiger partial charge on any atom is -0.333 e. The van der Waals surface area contributed by atoms with Gasteiger partial charge >= 0.3 is 0 Å². The molecule has 2 aromatic carbocycles. The summed E-state index contributed by atoms with van der Waals surface area (Å²) in [6.45, 7) is 11.1. The molecule has 34 heavy (non-hydrogen) atoms. The van der Waals surface area contributed by atoms with Gasteiger partial charge in [-0.15, -0.1) is 0 Å². The van der Waals surface area contributed by atoms with E-state index in [0.29, 0.717) is 29.7 Å². The molecular formula is C28H36BrN3O2. The second-order valence-corrected chi connectivity index (χ2v) is 11.1. The number of amides is 1. The van der Waals surface area contributed by atoms with Crippen LogP contribution in [0.25, 0.3) is 16.6 Å². The number of benzene rings is 2. The maximum Gasteiger partial charge on any atom is 0.266 e. The summed E-state index contributed by atoms with van der Waals surface area (Å²) in [5, 5.41) is 0.567. The highest BCUT2D eigenvalue weighted by atomic mass is 79.9. The predicted octanol–water partition coefficient (Wildman–Crippen LogP) is 7.05. The summed E-state index contributed by atoms with van der Waals surface area (Å²) in [6, 6.07) is 14.7. The maximum absolute atomic E-state index is 13.7. The molecule has 0 aliphatic carbocycles. The lowest BCUT2D eigenvalue weighted by molar-refractivity contribution is -0.135. The van der Waals surface area contributed by atoms with Crippen LogP contribution in [0.5, 0.6) is 0 Å². The van der Waals surface area contributed by atoms with Gasteiger partial charge in [-0.1, -0.05) is 75.0 Å². The number of carbonyl (C=O) groups is 1. The summed E-state index contributed by atoms with van der Waals surface area (Å²) >= 11 is 3.48. The van der Waals surface area contributed by atoms with Gasteiger partial charge in [0.2, 0.25) is 5.91 Å². The minimum absolute atomic E-state index is 0.0984. The van der Waals surface area contributed by atoms with Gasteiger partial charge < -0.3 is 4.90 Å². The Morgan fingerprint density at radius 3 is 2.38 bits per heavy atom. The molecule has 0 spiro atoms. The Labute approximate surface area is 211 Å². The van der Waals surface area contributed by atoms with Crippen LogP contribution in [0.15, 0.2) is 57.8 Å². The average molecular weight is 527 g/mol.